The van der Waals surface area contributed by atoms with Crippen molar-refractivity contribution < 1.29 is 84.7 Å². The molecule has 35 heavy (non-hydrogen) atoms. The van der Waals surface area contributed by atoms with E-state index in [9.17, 15) is 55.9 Å². The first kappa shape index (κ1) is 28.4. The molecule has 0 spiro atoms. The molecule has 3 heterocycles. The van der Waals surface area contributed by atoms with Gasteiger partial charge in [0.1, 0.15) is 67.1 Å². The summed E-state index contributed by atoms with van der Waals surface area (Å²) in [5.41, 5.74) is 0. The van der Waals surface area contributed by atoms with Gasteiger partial charge >= 0.3 is 5.97 Å². The molecule has 3 rings (SSSR count). The van der Waals surface area contributed by atoms with Crippen molar-refractivity contribution in [2.75, 3.05) is 13.2 Å². The van der Waals surface area contributed by atoms with Gasteiger partial charge in [-0.15, -0.1) is 0 Å². The summed E-state index contributed by atoms with van der Waals surface area (Å²) in [4.78, 5) is 11.3. The molecule has 11 N–H and O–H groups in total. The van der Waals surface area contributed by atoms with Crippen LogP contribution in [0.25, 0.3) is 0 Å². The molecule has 0 aromatic rings. The summed E-state index contributed by atoms with van der Waals surface area (Å²) in [6.45, 7) is -1.67. The Hall–Kier alpha value is -1.13. The minimum Gasteiger partial charge on any atom is -0.479 e. The number of carboxylic acid groups (broad SMARTS) is 1. The van der Waals surface area contributed by atoms with Gasteiger partial charge in [0.25, 0.3) is 0 Å². The molecule has 17 heteroatoms. The van der Waals surface area contributed by atoms with Gasteiger partial charge in [-0.3, -0.25) is 0 Å². The molecule has 204 valence electrons. The molecule has 3 saturated heterocycles. The first-order valence-electron chi connectivity index (χ1n) is 10.6. The van der Waals surface area contributed by atoms with Gasteiger partial charge in [0.2, 0.25) is 0 Å². The van der Waals surface area contributed by atoms with Gasteiger partial charge in [-0.1, -0.05) is 0 Å². The van der Waals surface area contributed by atoms with Crippen molar-refractivity contribution in [2.24, 2.45) is 0 Å². The van der Waals surface area contributed by atoms with Crippen LogP contribution in [0.4, 0.5) is 0 Å². The number of rotatable bonds is 7. The number of hydrogen-bond donors (Lipinski definition) is 11. The highest BCUT2D eigenvalue weighted by atomic mass is 16.7. The van der Waals surface area contributed by atoms with Crippen LogP contribution in [0.5, 0.6) is 0 Å². The average molecular weight is 518 g/mol. The van der Waals surface area contributed by atoms with E-state index < -0.39 is 111 Å². The Labute approximate surface area is 196 Å². The third-order valence-corrected chi connectivity index (χ3v) is 6.06. The molecule has 0 radical (unpaired) electrons. The normalized spacial score (nSPS) is 51.2. The first-order chi connectivity index (χ1) is 16.4. The van der Waals surface area contributed by atoms with Gasteiger partial charge in [0.05, 0.1) is 13.2 Å². The largest absolute Gasteiger partial charge is 0.479 e. The fourth-order valence-corrected chi connectivity index (χ4v) is 4.04. The second-order valence-corrected chi connectivity index (χ2v) is 8.37. The molecular formula is C18H30O17. The zero-order chi connectivity index (χ0) is 26.2. The van der Waals surface area contributed by atoms with Crippen LogP contribution in [0.3, 0.4) is 0 Å². The maximum atomic E-state index is 11.3. The van der Waals surface area contributed by atoms with E-state index in [-0.39, 0.29) is 0 Å². The number of carbonyl (C=O) groups is 1. The fourth-order valence-electron chi connectivity index (χ4n) is 4.04. The Balaban J connectivity index is 1.80. The first-order valence-corrected chi connectivity index (χ1v) is 10.6. The maximum absolute atomic E-state index is 11.3. The summed E-state index contributed by atoms with van der Waals surface area (Å²) in [7, 11) is 0. The van der Waals surface area contributed by atoms with Crippen LogP contribution in [0.15, 0.2) is 0 Å². The van der Waals surface area contributed by atoms with E-state index in [0.717, 1.165) is 0 Å². The number of ether oxygens (including phenoxy) is 5. The Morgan fingerprint density at radius 1 is 0.600 bits per heavy atom. The predicted octanol–water partition coefficient (Wildman–Crippen LogP) is -7.48. The Morgan fingerprint density at radius 2 is 1.17 bits per heavy atom. The van der Waals surface area contributed by atoms with Crippen molar-refractivity contribution in [2.45, 2.75) is 92.1 Å². The van der Waals surface area contributed by atoms with Crippen molar-refractivity contribution in [1.82, 2.24) is 0 Å². The second-order valence-electron chi connectivity index (χ2n) is 8.37. The quantitative estimate of drug-likeness (QED) is 0.149. The van der Waals surface area contributed by atoms with Crippen molar-refractivity contribution in [3.63, 3.8) is 0 Å². The summed E-state index contributed by atoms with van der Waals surface area (Å²) in [6, 6.07) is 0. The summed E-state index contributed by atoms with van der Waals surface area (Å²) < 4.78 is 26.0. The van der Waals surface area contributed by atoms with E-state index in [1.807, 2.05) is 0 Å². The van der Waals surface area contributed by atoms with Crippen molar-refractivity contribution in [3.05, 3.63) is 0 Å². The molecule has 0 bridgehead atoms. The van der Waals surface area contributed by atoms with E-state index >= 15 is 0 Å². The third kappa shape index (κ3) is 5.59. The maximum Gasteiger partial charge on any atom is 0.335 e. The van der Waals surface area contributed by atoms with Crippen molar-refractivity contribution in [1.29, 1.82) is 0 Å². The summed E-state index contributed by atoms with van der Waals surface area (Å²) in [5, 5.41) is 109. The average Bonchev–Trinajstić information content (AvgIpc) is 2.82. The van der Waals surface area contributed by atoms with E-state index in [1.54, 1.807) is 0 Å². The lowest BCUT2D eigenvalue weighted by atomic mass is 9.96. The number of hydrogen-bond acceptors (Lipinski definition) is 16. The molecule has 0 aromatic carbocycles. The van der Waals surface area contributed by atoms with Gasteiger partial charge in [0, 0.05) is 0 Å². The van der Waals surface area contributed by atoms with Crippen LogP contribution in [0.1, 0.15) is 0 Å². The van der Waals surface area contributed by atoms with Crippen LogP contribution in [0, 0.1) is 0 Å². The number of carboxylic acids is 1. The highest BCUT2D eigenvalue weighted by Gasteiger charge is 2.54. The molecule has 3 aliphatic heterocycles. The number of aliphatic carboxylic acids is 1. The van der Waals surface area contributed by atoms with Crippen molar-refractivity contribution >= 4 is 5.97 Å². The third-order valence-electron chi connectivity index (χ3n) is 6.06. The smallest absolute Gasteiger partial charge is 0.335 e. The molecule has 15 atom stereocenters. The SMILES string of the molecule is O=C(O)[C@H]1O[C@H](O[C@H]2[C@@H](O)[C@@H](CO)O[C@@H](O[C@H]3[C@H](O)[C@@H](O)[C@@H](O)O[C@@H]3CO)[C@@H]2O)[C@H](O)[C@@H](O)[C@H]1O. The second kappa shape index (κ2) is 11.5. The zero-order valence-electron chi connectivity index (χ0n) is 17.9. The predicted molar refractivity (Wildman–Crippen MR) is 102 cm³/mol. The molecule has 0 aromatic heterocycles. The molecule has 17 nitrogen and oxygen atoms in total. The Morgan fingerprint density at radius 3 is 1.74 bits per heavy atom. The minimum atomic E-state index is -2.04. The fraction of sp³-hybridized carbons (Fsp3) is 0.944. The molecule has 0 unspecified atom stereocenters. The topological polar surface area (TPSA) is 286 Å². The highest BCUT2D eigenvalue weighted by molar-refractivity contribution is 5.73. The van der Waals surface area contributed by atoms with Crippen LogP contribution >= 0.6 is 0 Å². The van der Waals surface area contributed by atoms with E-state index in [1.165, 1.54) is 0 Å². The number of aliphatic hydroxyl groups is 10. The van der Waals surface area contributed by atoms with Gasteiger partial charge in [0.15, 0.2) is 25.0 Å². The molecule has 0 aliphatic carbocycles. The van der Waals surface area contributed by atoms with Crippen LogP contribution < -0.4 is 0 Å². The van der Waals surface area contributed by atoms with Crippen molar-refractivity contribution in [3.8, 4) is 0 Å². The Kier molecular flexibility index (Phi) is 9.35. The standard InChI is InChI=1S/C18H30O17/c19-1-3-5(21)13(34-17-10(26)6(22)7(23)14(35-17)15(28)29)11(27)18(32-3)33-12-4(2-20)31-16(30)9(25)8(12)24/h3-14,16-27,30H,1-2H2,(H,28,29)/t3-,4-,5+,6+,7-,8-,9-,10-,11-,12-,13+,14+,16+,17+,18+/m1/s1. The van der Waals surface area contributed by atoms with Gasteiger partial charge in [-0.05, 0) is 0 Å². The summed E-state index contributed by atoms with van der Waals surface area (Å²) in [5.74, 6) is -1.71. The lowest BCUT2D eigenvalue weighted by Gasteiger charge is -2.47. The van der Waals surface area contributed by atoms with E-state index in [2.05, 4.69) is 0 Å². The summed E-state index contributed by atoms with van der Waals surface area (Å²) >= 11 is 0. The van der Waals surface area contributed by atoms with Crippen LogP contribution in [0.2, 0.25) is 0 Å². The Bertz CT molecular complexity index is 709. The lowest BCUT2D eigenvalue weighted by Crippen LogP contribution is -2.67. The van der Waals surface area contributed by atoms with Crippen LogP contribution in [-0.2, 0) is 28.5 Å². The van der Waals surface area contributed by atoms with Gasteiger partial charge in [-0.2, -0.15) is 0 Å². The van der Waals surface area contributed by atoms with E-state index in [0.29, 0.717) is 0 Å². The summed E-state index contributed by atoms with van der Waals surface area (Å²) in [6.07, 6.45) is -27.7. The monoisotopic (exact) mass is 518 g/mol. The van der Waals surface area contributed by atoms with Crippen LogP contribution in [-0.4, -0.2) is 167 Å². The van der Waals surface area contributed by atoms with Gasteiger partial charge < -0.3 is 79.9 Å². The molecule has 3 aliphatic rings. The minimum absolute atomic E-state index is 0.806. The molecular weight excluding hydrogens is 488 g/mol. The van der Waals surface area contributed by atoms with E-state index in [4.69, 9.17) is 28.8 Å². The highest BCUT2D eigenvalue weighted by Crippen LogP contribution is 2.32. The molecule has 0 amide bonds. The lowest BCUT2D eigenvalue weighted by molar-refractivity contribution is -0.377. The number of aliphatic hydroxyl groups excluding tert-OH is 10. The molecule has 3 fully saturated rings. The van der Waals surface area contributed by atoms with Gasteiger partial charge in [-0.25, -0.2) is 4.79 Å². The zero-order valence-corrected chi connectivity index (χ0v) is 17.9. The molecule has 0 saturated carbocycles.